The zero-order valence-corrected chi connectivity index (χ0v) is 18.5. The van der Waals surface area contributed by atoms with Crippen molar-refractivity contribution in [1.29, 1.82) is 0 Å². The van der Waals surface area contributed by atoms with E-state index in [0.717, 1.165) is 36.1 Å². The van der Waals surface area contributed by atoms with Gasteiger partial charge in [-0.25, -0.2) is 0 Å². The van der Waals surface area contributed by atoms with Gasteiger partial charge >= 0.3 is 0 Å². The topological polar surface area (TPSA) is 74.6 Å². The Hall–Kier alpha value is -2.38. The predicted octanol–water partition coefficient (Wildman–Crippen LogP) is 3.48. The summed E-state index contributed by atoms with van der Waals surface area (Å²) in [6.45, 7) is 1.09. The fourth-order valence-electron chi connectivity index (χ4n) is 4.97. The third-order valence-corrected chi connectivity index (χ3v) is 6.52. The van der Waals surface area contributed by atoms with Crippen LogP contribution in [0.5, 0.6) is 5.75 Å². The van der Waals surface area contributed by atoms with Crippen molar-refractivity contribution in [2.75, 3.05) is 20.8 Å². The van der Waals surface area contributed by atoms with Crippen LogP contribution in [-0.2, 0) is 20.8 Å². The van der Waals surface area contributed by atoms with Gasteiger partial charge in [-0.2, -0.15) is 5.10 Å². The van der Waals surface area contributed by atoms with E-state index in [1.54, 1.807) is 20.4 Å². The number of hydrogen-bond acceptors (Lipinski definition) is 5. The SMILES string of the molecule is COCCC(=O)N[C@@H]1C[C@H](c2ccc(OC)c(Cn3cccn3)c2)O[C@@H]2CCCC[C@@H]12. The standard InChI is InChI=1S/C24H33N3O4/c1-29-13-10-24(28)26-20-15-23(31-22-7-4-3-6-19(20)22)17-8-9-21(30-2)18(14-17)16-27-12-5-11-25-27/h5,8-9,11-12,14,19-20,22-23H,3-4,6-7,10,13,15-16H2,1-2H3,(H,26,28)/t19-,20+,22+,23+/m0/s1. The van der Waals surface area contributed by atoms with Crippen molar-refractivity contribution >= 4 is 5.91 Å². The molecule has 4 rings (SSSR count). The molecule has 1 saturated heterocycles. The largest absolute Gasteiger partial charge is 0.496 e. The first kappa shape index (κ1) is 21.8. The number of ether oxygens (including phenoxy) is 3. The van der Waals surface area contributed by atoms with Crippen molar-refractivity contribution in [2.45, 2.75) is 63.3 Å². The van der Waals surface area contributed by atoms with E-state index in [0.29, 0.717) is 25.5 Å². The Balaban J connectivity index is 1.54. The van der Waals surface area contributed by atoms with E-state index in [1.807, 2.05) is 23.0 Å². The average Bonchev–Trinajstić information content (AvgIpc) is 3.30. The third kappa shape index (κ3) is 5.28. The first-order chi connectivity index (χ1) is 15.2. The molecule has 0 unspecified atom stereocenters. The number of carbonyl (C=O) groups excluding carboxylic acids is 1. The van der Waals surface area contributed by atoms with Crippen LogP contribution in [-0.4, -0.2) is 48.7 Å². The summed E-state index contributed by atoms with van der Waals surface area (Å²) in [6.07, 6.45) is 9.61. The molecule has 2 heterocycles. The number of hydrogen-bond donors (Lipinski definition) is 1. The summed E-state index contributed by atoms with van der Waals surface area (Å²) >= 11 is 0. The van der Waals surface area contributed by atoms with E-state index < -0.39 is 0 Å². The zero-order chi connectivity index (χ0) is 21.6. The predicted molar refractivity (Wildman–Crippen MR) is 117 cm³/mol. The van der Waals surface area contributed by atoms with E-state index in [1.165, 1.54) is 12.8 Å². The molecule has 2 aromatic rings. The van der Waals surface area contributed by atoms with Gasteiger partial charge in [-0.3, -0.25) is 9.48 Å². The number of amides is 1. The molecule has 7 nitrogen and oxygen atoms in total. The van der Waals surface area contributed by atoms with Gasteiger partial charge in [0.15, 0.2) is 0 Å². The molecule has 4 atom stereocenters. The van der Waals surface area contributed by atoms with Crippen LogP contribution in [0.2, 0.25) is 0 Å². The first-order valence-corrected chi connectivity index (χ1v) is 11.3. The minimum Gasteiger partial charge on any atom is -0.496 e. The molecule has 1 aromatic heterocycles. The van der Waals surface area contributed by atoms with Gasteiger partial charge in [-0.15, -0.1) is 0 Å². The Bertz CT molecular complexity index is 855. The molecule has 1 N–H and O–H groups in total. The molecule has 1 aliphatic carbocycles. The normalized spacial score (nSPS) is 25.6. The molecular formula is C24H33N3O4. The summed E-state index contributed by atoms with van der Waals surface area (Å²) in [6, 6.07) is 8.31. The van der Waals surface area contributed by atoms with E-state index in [4.69, 9.17) is 14.2 Å². The fourth-order valence-corrected chi connectivity index (χ4v) is 4.97. The highest BCUT2D eigenvalue weighted by atomic mass is 16.5. The number of methoxy groups -OCH3 is 2. The van der Waals surface area contributed by atoms with Gasteiger partial charge in [0.25, 0.3) is 0 Å². The number of benzene rings is 1. The number of carbonyl (C=O) groups is 1. The van der Waals surface area contributed by atoms with Crippen LogP contribution >= 0.6 is 0 Å². The first-order valence-electron chi connectivity index (χ1n) is 11.3. The number of rotatable bonds is 8. The minimum atomic E-state index is -0.0469. The molecule has 0 radical (unpaired) electrons. The van der Waals surface area contributed by atoms with Crippen molar-refractivity contribution in [3.8, 4) is 5.75 Å². The lowest BCUT2D eigenvalue weighted by molar-refractivity contribution is -0.133. The van der Waals surface area contributed by atoms with Gasteiger partial charge in [0.2, 0.25) is 5.91 Å². The maximum Gasteiger partial charge on any atom is 0.222 e. The van der Waals surface area contributed by atoms with Crippen molar-refractivity contribution in [1.82, 2.24) is 15.1 Å². The molecule has 1 aromatic carbocycles. The second-order valence-corrected chi connectivity index (χ2v) is 8.54. The minimum absolute atomic E-state index is 0.0469. The lowest BCUT2D eigenvalue weighted by atomic mass is 9.76. The smallest absolute Gasteiger partial charge is 0.222 e. The maximum atomic E-state index is 12.4. The fraction of sp³-hybridized carbons (Fsp3) is 0.583. The van der Waals surface area contributed by atoms with Crippen molar-refractivity contribution in [2.24, 2.45) is 5.92 Å². The Morgan fingerprint density at radius 3 is 2.94 bits per heavy atom. The maximum absolute atomic E-state index is 12.4. The molecule has 2 fully saturated rings. The lowest BCUT2D eigenvalue weighted by Gasteiger charge is -2.45. The number of aromatic nitrogens is 2. The number of nitrogens with zero attached hydrogens (tertiary/aromatic N) is 2. The Morgan fingerprint density at radius 1 is 1.29 bits per heavy atom. The molecule has 0 bridgehead atoms. The van der Waals surface area contributed by atoms with Gasteiger partial charge < -0.3 is 19.5 Å². The van der Waals surface area contributed by atoms with Crippen molar-refractivity contribution < 1.29 is 19.0 Å². The molecular weight excluding hydrogens is 394 g/mol. The second kappa shape index (κ2) is 10.3. The van der Waals surface area contributed by atoms with Gasteiger partial charge in [0.1, 0.15) is 5.75 Å². The summed E-state index contributed by atoms with van der Waals surface area (Å²) < 4.78 is 19.1. The molecule has 1 saturated carbocycles. The van der Waals surface area contributed by atoms with Crippen LogP contribution in [0, 0.1) is 5.92 Å². The molecule has 1 aliphatic heterocycles. The highest BCUT2D eigenvalue weighted by molar-refractivity contribution is 5.76. The Morgan fingerprint density at radius 2 is 2.16 bits per heavy atom. The number of fused-ring (bicyclic) bond motifs is 1. The van der Waals surface area contributed by atoms with Crippen molar-refractivity contribution in [3.05, 3.63) is 47.8 Å². The summed E-state index contributed by atoms with van der Waals surface area (Å²) in [5.41, 5.74) is 2.20. The highest BCUT2D eigenvalue weighted by Gasteiger charge is 2.41. The van der Waals surface area contributed by atoms with Gasteiger partial charge in [0.05, 0.1) is 32.5 Å². The van der Waals surface area contributed by atoms with Gasteiger partial charge in [-0.05, 0) is 43.0 Å². The average molecular weight is 428 g/mol. The summed E-state index contributed by atoms with van der Waals surface area (Å²) in [5, 5.41) is 7.61. The van der Waals surface area contributed by atoms with Crippen LogP contribution in [0.3, 0.4) is 0 Å². The molecule has 2 aliphatic rings. The summed E-state index contributed by atoms with van der Waals surface area (Å²) in [7, 11) is 3.32. The zero-order valence-electron chi connectivity index (χ0n) is 18.5. The van der Waals surface area contributed by atoms with Gasteiger partial charge in [-0.1, -0.05) is 18.9 Å². The van der Waals surface area contributed by atoms with Gasteiger partial charge in [0, 0.05) is 43.4 Å². The van der Waals surface area contributed by atoms with E-state index in [-0.39, 0.29) is 24.2 Å². The van der Waals surface area contributed by atoms with Crippen LogP contribution < -0.4 is 10.1 Å². The van der Waals surface area contributed by atoms with Crippen LogP contribution in [0.15, 0.2) is 36.7 Å². The molecule has 168 valence electrons. The van der Waals surface area contributed by atoms with E-state index in [9.17, 15) is 4.79 Å². The van der Waals surface area contributed by atoms with E-state index >= 15 is 0 Å². The van der Waals surface area contributed by atoms with Crippen LogP contribution in [0.1, 0.15) is 55.8 Å². The quantitative estimate of drug-likeness (QED) is 0.698. The van der Waals surface area contributed by atoms with Crippen LogP contribution in [0.4, 0.5) is 0 Å². The number of nitrogens with one attached hydrogen (secondary N) is 1. The summed E-state index contributed by atoms with van der Waals surface area (Å²) in [4.78, 5) is 12.4. The Labute approximate surface area is 184 Å². The molecule has 1 amide bonds. The Kier molecular flexibility index (Phi) is 7.25. The third-order valence-electron chi connectivity index (χ3n) is 6.52. The van der Waals surface area contributed by atoms with Crippen molar-refractivity contribution in [3.63, 3.8) is 0 Å². The monoisotopic (exact) mass is 427 g/mol. The second-order valence-electron chi connectivity index (χ2n) is 8.54. The van der Waals surface area contributed by atoms with E-state index in [2.05, 4.69) is 22.5 Å². The molecule has 7 heteroatoms. The molecule has 0 spiro atoms. The lowest BCUT2D eigenvalue weighted by Crippen LogP contribution is -2.51. The van der Waals surface area contributed by atoms with Crippen LogP contribution in [0.25, 0.3) is 0 Å². The summed E-state index contributed by atoms with van der Waals surface area (Å²) in [5.74, 6) is 1.29. The molecule has 31 heavy (non-hydrogen) atoms. The highest BCUT2D eigenvalue weighted by Crippen LogP contribution is 2.42.